The number of allylic oxidation sites excluding steroid dienone is 1. The Bertz CT molecular complexity index is 935. The Balaban J connectivity index is 1.63. The Morgan fingerprint density at radius 1 is 1.40 bits per heavy atom. The van der Waals surface area contributed by atoms with Crippen LogP contribution >= 0.6 is 11.3 Å². The quantitative estimate of drug-likeness (QED) is 0.865. The molecule has 1 N–H and O–H groups in total. The van der Waals surface area contributed by atoms with Gasteiger partial charge >= 0.3 is 0 Å². The SMILES string of the molecule is Cc1nc(NC(=O)CC2C=CS(=O)(=O)C2)sc1Cc1ccccc1F. The second kappa shape index (κ2) is 7.05. The molecule has 0 bridgehead atoms. The Kier molecular flexibility index (Phi) is 5.01. The number of nitrogens with one attached hydrogen (secondary N) is 1. The number of anilines is 1. The van der Waals surface area contributed by atoms with E-state index in [9.17, 15) is 17.6 Å². The molecule has 0 aliphatic carbocycles. The highest BCUT2D eigenvalue weighted by molar-refractivity contribution is 7.94. The second-order valence-electron chi connectivity index (χ2n) is 5.97. The number of carbonyl (C=O) groups is 1. The third kappa shape index (κ3) is 4.52. The lowest BCUT2D eigenvalue weighted by molar-refractivity contribution is -0.116. The minimum absolute atomic E-state index is 0.0319. The van der Waals surface area contributed by atoms with Crippen molar-refractivity contribution in [1.29, 1.82) is 0 Å². The third-order valence-electron chi connectivity index (χ3n) is 3.90. The number of halogens is 1. The molecule has 0 fully saturated rings. The zero-order valence-corrected chi connectivity index (χ0v) is 15.2. The van der Waals surface area contributed by atoms with Crippen LogP contribution in [0.25, 0.3) is 0 Å². The number of benzene rings is 1. The first kappa shape index (κ1) is 17.8. The molecular formula is C17H17FN2O3S2. The Labute approximate surface area is 149 Å². The summed E-state index contributed by atoms with van der Waals surface area (Å²) in [6, 6.07) is 6.56. The van der Waals surface area contributed by atoms with Crippen LogP contribution in [0.15, 0.2) is 35.7 Å². The number of amides is 1. The van der Waals surface area contributed by atoms with Crippen molar-refractivity contribution in [2.24, 2.45) is 5.92 Å². The van der Waals surface area contributed by atoms with Crippen LogP contribution in [0.2, 0.25) is 0 Å². The van der Waals surface area contributed by atoms with Crippen molar-refractivity contribution >= 4 is 32.2 Å². The van der Waals surface area contributed by atoms with Gasteiger partial charge in [-0.05, 0) is 18.6 Å². The molecule has 0 spiro atoms. The van der Waals surface area contributed by atoms with E-state index in [2.05, 4.69) is 10.3 Å². The average Bonchev–Trinajstić information content (AvgIpc) is 3.03. The molecule has 5 nitrogen and oxygen atoms in total. The predicted molar refractivity (Wildman–Crippen MR) is 95.7 cm³/mol. The van der Waals surface area contributed by atoms with Crippen LogP contribution in [0.1, 0.15) is 22.6 Å². The maximum Gasteiger partial charge on any atom is 0.226 e. The molecule has 8 heteroatoms. The van der Waals surface area contributed by atoms with Gasteiger partial charge in [-0.1, -0.05) is 24.3 Å². The van der Waals surface area contributed by atoms with Crippen LogP contribution in [0.5, 0.6) is 0 Å². The van der Waals surface area contributed by atoms with Gasteiger partial charge in [0.1, 0.15) is 5.82 Å². The standard InChI is InChI=1S/C17H17FN2O3S2/c1-11-15(9-13-4-2-3-5-14(13)18)24-17(19-11)20-16(21)8-12-6-7-25(22,23)10-12/h2-7,12H,8-10H2,1H3,(H,19,20,21). The molecule has 1 atom stereocenters. The fraction of sp³-hybridized carbons (Fsp3) is 0.294. The lowest BCUT2D eigenvalue weighted by Gasteiger charge is -2.05. The van der Waals surface area contributed by atoms with E-state index >= 15 is 0 Å². The van der Waals surface area contributed by atoms with E-state index in [-0.39, 0.29) is 29.8 Å². The Hall–Kier alpha value is -2.06. The van der Waals surface area contributed by atoms with Crippen LogP contribution < -0.4 is 5.32 Å². The summed E-state index contributed by atoms with van der Waals surface area (Å²) in [7, 11) is -3.16. The molecule has 1 aromatic carbocycles. The van der Waals surface area contributed by atoms with Gasteiger partial charge in [0.2, 0.25) is 5.91 Å². The first-order valence-electron chi connectivity index (χ1n) is 7.73. The Morgan fingerprint density at radius 3 is 2.84 bits per heavy atom. The summed E-state index contributed by atoms with van der Waals surface area (Å²) in [5.74, 6) is -0.882. The summed E-state index contributed by atoms with van der Waals surface area (Å²) in [6.07, 6.45) is 2.05. The van der Waals surface area contributed by atoms with E-state index in [0.29, 0.717) is 17.1 Å². The van der Waals surface area contributed by atoms with Crippen molar-refractivity contribution in [1.82, 2.24) is 4.98 Å². The average molecular weight is 380 g/mol. The second-order valence-corrected chi connectivity index (χ2v) is 8.98. The molecule has 25 heavy (non-hydrogen) atoms. The lowest BCUT2D eigenvalue weighted by Crippen LogP contribution is -2.17. The normalized spacial score (nSPS) is 18.4. The number of thiazole rings is 1. The summed E-state index contributed by atoms with van der Waals surface area (Å²) in [5, 5.41) is 4.30. The van der Waals surface area contributed by atoms with E-state index in [4.69, 9.17) is 0 Å². The highest BCUT2D eigenvalue weighted by atomic mass is 32.2. The van der Waals surface area contributed by atoms with Gasteiger partial charge in [-0.3, -0.25) is 4.79 Å². The third-order valence-corrected chi connectivity index (χ3v) is 6.44. The van der Waals surface area contributed by atoms with Gasteiger partial charge in [0.15, 0.2) is 15.0 Å². The van der Waals surface area contributed by atoms with E-state index in [1.165, 1.54) is 17.4 Å². The molecule has 2 heterocycles. The number of carbonyl (C=O) groups excluding carboxylic acids is 1. The molecule has 1 amide bonds. The molecule has 2 aromatic rings. The molecular weight excluding hydrogens is 363 g/mol. The van der Waals surface area contributed by atoms with Crippen LogP contribution in [-0.2, 0) is 21.1 Å². The Morgan fingerprint density at radius 2 is 2.16 bits per heavy atom. The van der Waals surface area contributed by atoms with Crippen LogP contribution in [0.4, 0.5) is 9.52 Å². The molecule has 3 rings (SSSR count). The molecule has 0 saturated heterocycles. The number of hydrogen-bond donors (Lipinski definition) is 1. The summed E-state index contributed by atoms with van der Waals surface area (Å²) < 4.78 is 36.5. The van der Waals surface area contributed by atoms with Crippen molar-refractivity contribution in [3.63, 3.8) is 0 Å². The molecule has 0 saturated carbocycles. The van der Waals surface area contributed by atoms with Gasteiger partial charge < -0.3 is 5.32 Å². The lowest BCUT2D eigenvalue weighted by atomic mass is 10.1. The zero-order valence-electron chi connectivity index (χ0n) is 13.5. The monoisotopic (exact) mass is 380 g/mol. The minimum Gasteiger partial charge on any atom is -0.302 e. The molecule has 1 aliphatic rings. The first-order valence-corrected chi connectivity index (χ1v) is 10.3. The summed E-state index contributed by atoms with van der Waals surface area (Å²) >= 11 is 1.30. The zero-order chi connectivity index (χ0) is 18.0. The van der Waals surface area contributed by atoms with Crippen LogP contribution in [0, 0.1) is 18.7 Å². The van der Waals surface area contributed by atoms with Crippen molar-refractivity contribution < 1.29 is 17.6 Å². The summed E-state index contributed by atoms with van der Waals surface area (Å²) in [5.41, 5.74) is 1.32. The molecule has 132 valence electrons. The van der Waals surface area contributed by atoms with Gasteiger partial charge in [0.25, 0.3) is 0 Å². The van der Waals surface area contributed by atoms with Gasteiger partial charge in [-0.25, -0.2) is 17.8 Å². The number of sulfone groups is 1. The van der Waals surface area contributed by atoms with Gasteiger partial charge in [0, 0.05) is 29.0 Å². The number of rotatable bonds is 5. The van der Waals surface area contributed by atoms with E-state index in [0.717, 1.165) is 16.0 Å². The van der Waals surface area contributed by atoms with Gasteiger partial charge in [0.05, 0.1) is 11.4 Å². The fourth-order valence-electron chi connectivity index (χ4n) is 2.64. The number of hydrogen-bond acceptors (Lipinski definition) is 5. The topological polar surface area (TPSA) is 76.1 Å². The van der Waals surface area contributed by atoms with Crippen molar-refractivity contribution in [3.05, 3.63) is 57.7 Å². The van der Waals surface area contributed by atoms with Crippen molar-refractivity contribution in [2.75, 3.05) is 11.1 Å². The number of aryl methyl sites for hydroxylation is 1. The highest BCUT2D eigenvalue weighted by Gasteiger charge is 2.24. The van der Waals surface area contributed by atoms with E-state index < -0.39 is 9.84 Å². The molecule has 1 aliphatic heterocycles. The molecule has 1 aromatic heterocycles. The largest absolute Gasteiger partial charge is 0.302 e. The summed E-state index contributed by atoms with van der Waals surface area (Å²) in [4.78, 5) is 17.3. The van der Waals surface area contributed by atoms with Gasteiger partial charge in [-0.2, -0.15) is 0 Å². The minimum atomic E-state index is -3.16. The summed E-state index contributed by atoms with van der Waals surface area (Å²) in [6.45, 7) is 1.81. The van der Waals surface area contributed by atoms with Gasteiger partial charge in [-0.15, -0.1) is 11.3 Å². The van der Waals surface area contributed by atoms with Crippen molar-refractivity contribution in [3.8, 4) is 0 Å². The maximum atomic E-state index is 13.8. The van der Waals surface area contributed by atoms with E-state index in [1.54, 1.807) is 24.3 Å². The first-order chi connectivity index (χ1) is 11.8. The number of aromatic nitrogens is 1. The smallest absolute Gasteiger partial charge is 0.226 e. The number of nitrogens with zero attached hydrogens (tertiary/aromatic N) is 1. The van der Waals surface area contributed by atoms with E-state index in [1.807, 2.05) is 6.92 Å². The van der Waals surface area contributed by atoms with Crippen LogP contribution in [-0.4, -0.2) is 25.1 Å². The van der Waals surface area contributed by atoms with Crippen molar-refractivity contribution in [2.45, 2.75) is 19.8 Å². The highest BCUT2D eigenvalue weighted by Crippen LogP contribution is 2.27. The maximum absolute atomic E-state index is 13.8. The van der Waals surface area contributed by atoms with Crippen LogP contribution in [0.3, 0.4) is 0 Å². The predicted octanol–water partition coefficient (Wildman–Crippen LogP) is 3.07. The molecule has 0 radical (unpaired) electrons. The molecule has 1 unspecified atom stereocenters. The fourth-order valence-corrected chi connectivity index (χ4v) is 5.04.